The predicted molar refractivity (Wildman–Crippen MR) is 98.4 cm³/mol. The maximum Gasteiger partial charge on any atom is 0.191 e. The van der Waals surface area contributed by atoms with Gasteiger partial charge in [0.1, 0.15) is 11.9 Å². The van der Waals surface area contributed by atoms with Crippen LogP contribution in [-0.2, 0) is 6.54 Å². The minimum absolute atomic E-state index is 0.0300. The average molecular weight is 326 g/mol. The summed E-state index contributed by atoms with van der Waals surface area (Å²) >= 11 is 0. The smallest absolute Gasteiger partial charge is 0.191 e. The first kappa shape index (κ1) is 17.8. The number of hydrogen-bond acceptors (Lipinski definition) is 3. The minimum atomic E-state index is 0.0300. The molecule has 2 aromatic rings. The Bertz CT molecular complexity index is 685. The number of nitrogens with one attached hydrogen (secondary N) is 2. The SMILES string of the molecule is CN=C(NCc1cccc(C)n1)NCC(C)Oc1cccc(C)c1. The monoisotopic (exact) mass is 326 g/mol. The number of benzene rings is 1. The van der Waals surface area contributed by atoms with E-state index in [1.54, 1.807) is 7.05 Å². The van der Waals surface area contributed by atoms with Gasteiger partial charge in [0.2, 0.25) is 0 Å². The molecule has 0 saturated carbocycles. The topological polar surface area (TPSA) is 58.5 Å². The molecular weight excluding hydrogens is 300 g/mol. The van der Waals surface area contributed by atoms with Crippen molar-refractivity contribution < 1.29 is 4.74 Å². The minimum Gasteiger partial charge on any atom is -0.489 e. The second-order valence-corrected chi connectivity index (χ2v) is 5.82. The van der Waals surface area contributed by atoms with Crippen LogP contribution in [0.5, 0.6) is 5.75 Å². The van der Waals surface area contributed by atoms with E-state index in [-0.39, 0.29) is 6.10 Å². The first-order valence-corrected chi connectivity index (χ1v) is 8.17. The van der Waals surface area contributed by atoms with Crippen LogP contribution in [0.3, 0.4) is 0 Å². The molecule has 0 amide bonds. The molecule has 1 aromatic carbocycles. The lowest BCUT2D eigenvalue weighted by atomic mass is 10.2. The van der Waals surface area contributed by atoms with Crippen LogP contribution < -0.4 is 15.4 Å². The molecule has 5 nitrogen and oxygen atoms in total. The molecular formula is C19H26N4O. The van der Waals surface area contributed by atoms with Crippen LogP contribution in [0.2, 0.25) is 0 Å². The third kappa shape index (κ3) is 5.91. The molecule has 1 unspecified atom stereocenters. The van der Waals surface area contributed by atoms with Crippen LogP contribution in [-0.4, -0.2) is 30.6 Å². The van der Waals surface area contributed by atoms with E-state index in [0.29, 0.717) is 13.1 Å². The van der Waals surface area contributed by atoms with E-state index in [1.165, 1.54) is 5.56 Å². The molecule has 0 aliphatic heterocycles. The summed E-state index contributed by atoms with van der Waals surface area (Å²) in [4.78, 5) is 8.70. The zero-order valence-electron chi connectivity index (χ0n) is 14.8. The summed E-state index contributed by atoms with van der Waals surface area (Å²) in [5.74, 6) is 1.62. The zero-order valence-corrected chi connectivity index (χ0v) is 14.8. The summed E-state index contributed by atoms with van der Waals surface area (Å²) in [7, 11) is 1.76. The molecule has 0 bridgehead atoms. The Morgan fingerprint density at radius 1 is 1.17 bits per heavy atom. The van der Waals surface area contributed by atoms with E-state index < -0.39 is 0 Å². The highest BCUT2D eigenvalue weighted by atomic mass is 16.5. The lowest BCUT2D eigenvalue weighted by molar-refractivity contribution is 0.223. The zero-order chi connectivity index (χ0) is 17.4. The second kappa shape index (κ2) is 8.91. The second-order valence-electron chi connectivity index (χ2n) is 5.82. The fraction of sp³-hybridized carbons (Fsp3) is 0.368. The Kier molecular flexibility index (Phi) is 6.61. The number of pyridine rings is 1. The fourth-order valence-electron chi connectivity index (χ4n) is 2.30. The maximum absolute atomic E-state index is 5.91. The number of aromatic nitrogens is 1. The van der Waals surface area contributed by atoms with Crippen LogP contribution in [0.15, 0.2) is 47.5 Å². The normalized spacial score (nSPS) is 12.6. The molecule has 0 radical (unpaired) electrons. The highest BCUT2D eigenvalue weighted by molar-refractivity contribution is 5.79. The third-order valence-corrected chi connectivity index (χ3v) is 3.49. The van der Waals surface area contributed by atoms with Gasteiger partial charge < -0.3 is 15.4 Å². The van der Waals surface area contributed by atoms with Gasteiger partial charge in [-0.25, -0.2) is 0 Å². The Labute approximate surface area is 144 Å². The van der Waals surface area contributed by atoms with Crippen molar-refractivity contribution in [2.24, 2.45) is 4.99 Å². The molecule has 0 spiro atoms. The summed E-state index contributed by atoms with van der Waals surface area (Å²) in [5, 5.41) is 6.54. The van der Waals surface area contributed by atoms with E-state index in [4.69, 9.17) is 4.74 Å². The Morgan fingerprint density at radius 3 is 2.67 bits per heavy atom. The summed E-state index contributed by atoms with van der Waals surface area (Å²) in [5.41, 5.74) is 3.19. The highest BCUT2D eigenvalue weighted by Crippen LogP contribution is 2.13. The van der Waals surface area contributed by atoms with Crippen molar-refractivity contribution in [1.82, 2.24) is 15.6 Å². The molecule has 5 heteroatoms. The van der Waals surface area contributed by atoms with Gasteiger partial charge in [-0.1, -0.05) is 18.2 Å². The van der Waals surface area contributed by atoms with E-state index >= 15 is 0 Å². The van der Waals surface area contributed by atoms with Crippen LogP contribution in [0.4, 0.5) is 0 Å². The molecule has 0 fully saturated rings. The molecule has 0 saturated heterocycles. The molecule has 128 valence electrons. The number of aryl methyl sites for hydroxylation is 2. The van der Waals surface area contributed by atoms with Gasteiger partial charge in [0.15, 0.2) is 5.96 Å². The van der Waals surface area contributed by atoms with Crippen molar-refractivity contribution in [3.8, 4) is 5.75 Å². The number of hydrogen-bond donors (Lipinski definition) is 2. The van der Waals surface area contributed by atoms with Crippen molar-refractivity contribution in [3.63, 3.8) is 0 Å². The number of ether oxygens (including phenoxy) is 1. The van der Waals surface area contributed by atoms with Crippen LogP contribution in [0, 0.1) is 13.8 Å². The van der Waals surface area contributed by atoms with E-state index in [1.807, 2.05) is 50.2 Å². The lowest BCUT2D eigenvalue weighted by Gasteiger charge is -2.18. The van der Waals surface area contributed by atoms with Crippen LogP contribution in [0.25, 0.3) is 0 Å². The molecule has 1 heterocycles. The van der Waals surface area contributed by atoms with Gasteiger partial charge in [0.25, 0.3) is 0 Å². The maximum atomic E-state index is 5.91. The van der Waals surface area contributed by atoms with Crippen molar-refractivity contribution in [2.75, 3.05) is 13.6 Å². The number of guanidine groups is 1. The van der Waals surface area contributed by atoms with Gasteiger partial charge in [0, 0.05) is 12.7 Å². The molecule has 1 atom stereocenters. The summed E-state index contributed by atoms with van der Waals surface area (Å²) in [6.45, 7) is 7.37. The highest BCUT2D eigenvalue weighted by Gasteiger charge is 2.06. The van der Waals surface area contributed by atoms with Crippen molar-refractivity contribution in [3.05, 3.63) is 59.4 Å². The summed E-state index contributed by atoms with van der Waals surface area (Å²) < 4.78 is 5.91. The number of rotatable bonds is 6. The molecule has 24 heavy (non-hydrogen) atoms. The van der Waals surface area contributed by atoms with E-state index in [9.17, 15) is 0 Å². The van der Waals surface area contributed by atoms with Gasteiger partial charge in [0.05, 0.1) is 18.8 Å². The Balaban J connectivity index is 1.78. The van der Waals surface area contributed by atoms with Crippen LogP contribution in [0.1, 0.15) is 23.9 Å². The number of nitrogens with zero attached hydrogens (tertiary/aromatic N) is 2. The molecule has 2 rings (SSSR count). The van der Waals surface area contributed by atoms with Crippen molar-refractivity contribution in [1.29, 1.82) is 0 Å². The molecule has 0 aliphatic carbocycles. The predicted octanol–water partition coefficient (Wildman–Crippen LogP) is 2.83. The summed E-state index contributed by atoms with van der Waals surface area (Å²) in [6.07, 6.45) is 0.0300. The van der Waals surface area contributed by atoms with Crippen LogP contribution >= 0.6 is 0 Å². The Morgan fingerprint density at radius 2 is 1.96 bits per heavy atom. The summed E-state index contributed by atoms with van der Waals surface area (Å²) in [6, 6.07) is 14.1. The third-order valence-electron chi connectivity index (χ3n) is 3.49. The van der Waals surface area contributed by atoms with Gasteiger partial charge in [-0.2, -0.15) is 0 Å². The van der Waals surface area contributed by atoms with Crippen molar-refractivity contribution >= 4 is 5.96 Å². The van der Waals surface area contributed by atoms with Gasteiger partial charge in [-0.15, -0.1) is 0 Å². The van der Waals surface area contributed by atoms with Crippen molar-refractivity contribution in [2.45, 2.75) is 33.4 Å². The molecule has 1 aromatic heterocycles. The first-order valence-electron chi connectivity index (χ1n) is 8.17. The quantitative estimate of drug-likeness (QED) is 0.633. The Hall–Kier alpha value is -2.56. The van der Waals surface area contributed by atoms with Gasteiger partial charge >= 0.3 is 0 Å². The fourth-order valence-corrected chi connectivity index (χ4v) is 2.30. The molecule has 2 N–H and O–H groups in total. The number of aliphatic imine (C=N–C) groups is 1. The largest absolute Gasteiger partial charge is 0.489 e. The average Bonchev–Trinajstić information content (AvgIpc) is 2.55. The van der Waals surface area contributed by atoms with Gasteiger partial charge in [-0.3, -0.25) is 9.98 Å². The lowest BCUT2D eigenvalue weighted by Crippen LogP contribution is -2.41. The van der Waals surface area contributed by atoms with Gasteiger partial charge in [-0.05, 0) is 50.6 Å². The molecule has 0 aliphatic rings. The van der Waals surface area contributed by atoms with E-state index in [2.05, 4.69) is 33.6 Å². The first-order chi connectivity index (χ1) is 11.6. The van der Waals surface area contributed by atoms with E-state index in [0.717, 1.165) is 23.1 Å². The standard InChI is InChI=1S/C19H26N4O/c1-14-7-5-10-18(11-14)24-16(3)12-21-19(20-4)22-13-17-9-6-8-15(2)23-17/h5-11,16H,12-13H2,1-4H3,(H2,20,21,22).